The predicted octanol–water partition coefficient (Wildman–Crippen LogP) is -0.464. The first-order valence-corrected chi connectivity index (χ1v) is 4.98. The third kappa shape index (κ3) is 4.59. The molecule has 0 aliphatic rings. The lowest BCUT2D eigenvalue weighted by Crippen LogP contribution is -2.39. The van der Waals surface area contributed by atoms with E-state index < -0.39 is 18.2 Å². The van der Waals surface area contributed by atoms with Crippen LogP contribution in [0.2, 0.25) is 0 Å². The van der Waals surface area contributed by atoms with Gasteiger partial charge in [-0.05, 0) is 18.3 Å². The number of methoxy groups -OCH3 is 1. The van der Waals surface area contributed by atoms with E-state index in [0.29, 0.717) is 6.42 Å². The molecule has 0 aromatic carbocycles. The van der Waals surface area contributed by atoms with Gasteiger partial charge in [-0.2, -0.15) is 0 Å². The Bertz CT molecular complexity index is 194. The molecule has 0 aliphatic heterocycles. The first-order valence-electron chi connectivity index (χ1n) is 4.98. The van der Waals surface area contributed by atoms with Crippen molar-refractivity contribution in [2.45, 2.75) is 32.5 Å². The van der Waals surface area contributed by atoms with Crippen molar-refractivity contribution in [1.82, 2.24) is 0 Å². The Kier molecular flexibility index (Phi) is 6.47. The Morgan fingerprint density at radius 1 is 1.33 bits per heavy atom. The molecule has 0 unspecified atom stereocenters. The predicted molar refractivity (Wildman–Crippen MR) is 54.1 cm³/mol. The van der Waals surface area contributed by atoms with Gasteiger partial charge in [-0.1, -0.05) is 13.8 Å². The highest BCUT2D eigenvalue weighted by Gasteiger charge is 2.30. The fourth-order valence-electron chi connectivity index (χ4n) is 1.42. The number of hydrogen-bond donors (Lipinski definition) is 3. The van der Waals surface area contributed by atoms with Crippen molar-refractivity contribution < 1.29 is 24.9 Å². The van der Waals surface area contributed by atoms with Gasteiger partial charge in [0.2, 0.25) is 0 Å². The van der Waals surface area contributed by atoms with Crippen LogP contribution >= 0.6 is 0 Å². The summed E-state index contributed by atoms with van der Waals surface area (Å²) in [6, 6.07) is 0. The van der Waals surface area contributed by atoms with Gasteiger partial charge in [-0.25, -0.2) is 4.79 Å². The fraction of sp³-hybridized carbons (Fsp3) is 0.900. The Morgan fingerprint density at radius 2 is 1.87 bits per heavy atom. The summed E-state index contributed by atoms with van der Waals surface area (Å²) in [4.78, 5) is 10.9. The molecule has 0 aliphatic carbocycles. The van der Waals surface area contributed by atoms with Gasteiger partial charge in [-0.15, -0.1) is 0 Å². The molecule has 0 bridgehead atoms. The van der Waals surface area contributed by atoms with Crippen LogP contribution in [-0.2, 0) is 9.53 Å². The number of carbonyl (C=O) groups is 1. The summed E-state index contributed by atoms with van der Waals surface area (Å²) in [5, 5.41) is 27.8. The van der Waals surface area contributed by atoms with E-state index >= 15 is 0 Å². The minimum atomic E-state index is -1.52. The molecular formula is C10H20O5. The molecule has 4 atom stereocenters. The summed E-state index contributed by atoms with van der Waals surface area (Å²) in [6.07, 6.45) is -2.14. The molecular weight excluding hydrogens is 200 g/mol. The van der Waals surface area contributed by atoms with Gasteiger partial charge in [-0.3, -0.25) is 0 Å². The largest absolute Gasteiger partial charge is 0.467 e. The molecule has 0 aromatic rings. The summed E-state index contributed by atoms with van der Waals surface area (Å²) in [5.41, 5.74) is 0. The van der Waals surface area contributed by atoms with Crippen molar-refractivity contribution in [3.63, 3.8) is 0 Å². The lowest BCUT2D eigenvalue weighted by Gasteiger charge is -2.23. The molecule has 0 radical (unpaired) electrons. The molecule has 0 amide bonds. The highest BCUT2D eigenvalue weighted by atomic mass is 16.5. The Morgan fingerprint density at radius 3 is 2.27 bits per heavy atom. The normalized spacial score (nSPS) is 19.1. The second-order valence-corrected chi connectivity index (χ2v) is 3.96. The third-order valence-corrected chi connectivity index (χ3v) is 2.44. The van der Waals surface area contributed by atoms with Crippen LogP contribution in [0.4, 0.5) is 0 Å². The quantitative estimate of drug-likeness (QED) is 0.527. The van der Waals surface area contributed by atoms with Crippen molar-refractivity contribution in [2.75, 3.05) is 13.7 Å². The summed E-state index contributed by atoms with van der Waals surface area (Å²) < 4.78 is 4.32. The van der Waals surface area contributed by atoms with E-state index in [1.165, 1.54) is 0 Å². The van der Waals surface area contributed by atoms with Crippen molar-refractivity contribution in [1.29, 1.82) is 0 Å². The van der Waals surface area contributed by atoms with E-state index in [1.54, 1.807) is 6.92 Å². The monoisotopic (exact) mass is 220 g/mol. The van der Waals surface area contributed by atoms with E-state index in [2.05, 4.69) is 4.74 Å². The lowest BCUT2D eigenvalue weighted by atomic mass is 9.90. The molecule has 90 valence electrons. The maximum absolute atomic E-state index is 10.9. The summed E-state index contributed by atoms with van der Waals surface area (Å²) in [5.74, 6) is -1.09. The van der Waals surface area contributed by atoms with Crippen LogP contribution < -0.4 is 0 Å². The van der Waals surface area contributed by atoms with E-state index in [0.717, 1.165) is 7.11 Å². The van der Waals surface area contributed by atoms with Crippen molar-refractivity contribution >= 4 is 5.97 Å². The molecule has 0 saturated carbocycles. The topological polar surface area (TPSA) is 87.0 Å². The van der Waals surface area contributed by atoms with Gasteiger partial charge in [0.1, 0.15) is 0 Å². The number of aliphatic hydroxyl groups excluding tert-OH is 3. The van der Waals surface area contributed by atoms with Crippen LogP contribution in [0.1, 0.15) is 20.3 Å². The Balaban J connectivity index is 4.18. The van der Waals surface area contributed by atoms with Crippen LogP contribution in [-0.4, -0.2) is 47.2 Å². The minimum Gasteiger partial charge on any atom is -0.467 e. The van der Waals surface area contributed by atoms with Gasteiger partial charge in [0.05, 0.1) is 13.2 Å². The number of hydrogen-bond acceptors (Lipinski definition) is 5. The number of rotatable bonds is 6. The van der Waals surface area contributed by atoms with Crippen molar-refractivity contribution in [3.8, 4) is 0 Å². The van der Waals surface area contributed by atoms with E-state index in [-0.39, 0.29) is 18.4 Å². The maximum atomic E-state index is 10.9. The van der Waals surface area contributed by atoms with Gasteiger partial charge >= 0.3 is 5.97 Å². The zero-order valence-electron chi connectivity index (χ0n) is 9.38. The van der Waals surface area contributed by atoms with Crippen LogP contribution in [0.15, 0.2) is 0 Å². The van der Waals surface area contributed by atoms with Crippen molar-refractivity contribution in [3.05, 3.63) is 0 Å². The molecule has 5 nitrogen and oxygen atoms in total. The highest BCUT2D eigenvalue weighted by molar-refractivity contribution is 5.74. The Hall–Kier alpha value is -0.650. The SMILES string of the molecule is COC(=O)[C@H](O)[C@H](O)[C@H](C)C[C@H](C)CO. The first kappa shape index (κ1) is 14.3. The zero-order chi connectivity index (χ0) is 12.0. The average molecular weight is 220 g/mol. The number of aliphatic hydroxyl groups is 3. The highest BCUT2D eigenvalue weighted by Crippen LogP contribution is 2.17. The second-order valence-electron chi connectivity index (χ2n) is 3.96. The van der Waals surface area contributed by atoms with Crippen LogP contribution in [0, 0.1) is 11.8 Å². The van der Waals surface area contributed by atoms with Crippen LogP contribution in [0.25, 0.3) is 0 Å². The van der Waals surface area contributed by atoms with E-state index in [9.17, 15) is 15.0 Å². The number of ether oxygens (including phenoxy) is 1. The number of carbonyl (C=O) groups excluding carboxylic acids is 1. The van der Waals surface area contributed by atoms with E-state index in [4.69, 9.17) is 5.11 Å². The van der Waals surface area contributed by atoms with Gasteiger partial charge in [0.25, 0.3) is 0 Å². The molecule has 0 fully saturated rings. The zero-order valence-corrected chi connectivity index (χ0v) is 9.38. The molecule has 0 aromatic heterocycles. The summed E-state index contributed by atoms with van der Waals surface area (Å²) in [6.45, 7) is 3.56. The van der Waals surface area contributed by atoms with Gasteiger partial charge < -0.3 is 20.1 Å². The van der Waals surface area contributed by atoms with Crippen molar-refractivity contribution in [2.24, 2.45) is 11.8 Å². The van der Waals surface area contributed by atoms with Gasteiger partial charge in [0.15, 0.2) is 6.10 Å². The summed E-state index contributed by atoms with van der Waals surface area (Å²) >= 11 is 0. The fourth-order valence-corrected chi connectivity index (χ4v) is 1.42. The third-order valence-electron chi connectivity index (χ3n) is 2.44. The molecule has 0 rings (SSSR count). The molecule has 0 heterocycles. The van der Waals surface area contributed by atoms with Crippen LogP contribution in [0.5, 0.6) is 0 Å². The molecule has 5 heteroatoms. The minimum absolute atomic E-state index is 0.0192. The average Bonchev–Trinajstić information content (AvgIpc) is 2.25. The molecule has 3 N–H and O–H groups in total. The van der Waals surface area contributed by atoms with E-state index in [1.807, 2.05) is 6.92 Å². The second kappa shape index (κ2) is 6.76. The standard InChI is InChI=1S/C10H20O5/c1-6(5-11)4-7(2)8(12)9(13)10(14)15-3/h6-9,11-13H,4-5H2,1-3H3/t6-,7+,8+,9+/m0/s1. The smallest absolute Gasteiger partial charge is 0.337 e. The molecule has 15 heavy (non-hydrogen) atoms. The van der Waals surface area contributed by atoms with Crippen LogP contribution in [0.3, 0.4) is 0 Å². The Labute approximate surface area is 89.7 Å². The molecule has 0 spiro atoms. The maximum Gasteiger partial charge on any atom is 0.337 e. The molecule has 0 saturated heterocycles. The lowest BCUT2D eigenvalue weighted by molar-refractivity contribution is -0.158. The first-order chi connectivity index (χ1) is 6.93. The van der Waals surface area contributed by atoms with Gasteiger partial charge in [0, 0.05) is 6.61 Å². The summed E-state index contributed by atoms with van der Waals surface area (Å²) in [7, 11) is 1.15. The number of esters is 1.